The van der Waals surface area contributed by atoms with Crippen molar-refractivity contribution < 1.29 is 13.2 Å². The van der Waals surface area contributed by atoms with E-state index >= 15 is 0 Å². The molecule has 0 atom stereocenters. The van der Waals surface area contributed by atoms with Crippen molar-refractivity contribution in [2.45, 2.75) is 12.8 Å². The molecular weight excluding hydrogens is 189 g/mol. The topological polar surface area (TPSA) is 0 Å². The highest BCUT2D eigenvalue weighted by Gasteiger charge is 2.24. The molecule has 0 aliphatic carbocycles. The second kappa shape index (κ2) is 2.98. The van der Waals surface area contributed by atoms with Crippen LogP contribution in [0, 0.1) is 5.82 Å². The number of benzene rings is 1. The molecule has 0 saturated carbocycles. The SMILES string of the molecule is CC(F)(F)c1ccc(F)c(Cl)c1. The highest BCUT2D eigenvalue weighted by atomic mass is 35.5. The van der Waals surface area contributed by atoms with E-state index in [2.05, 4.69) is 0 Å². The Morgan fingerprint density at radius 3 is 2.33 bits per heavy atom. The van der Waals surface area contributed by atoms with Gasteiger partial charge in [0.05, 0.1) is 5.02 Å². The predicted molar refractivity (Wildman–Crippen MR) is 41.0 cm³/mol. The molecule has 0 aliphatic rings. The lowest BCUT2D eigenvalue weighted by Crippen LogP contribution is -2.06. The van der Waals surface area contributed by atoms with Gasteiger partial charge in [0.2, 0.25) is 0 Å². The van der Waals surface area contributed by atoms with Crippen molar-refractivity contribution in [1.29, 1.82) is 0 Å². The maximum absolute atomic E-state index is 12.6. The third-order valence-electron chi connectivity index (χ3n) is 1.43. The summed E-state index contributed by atoms with van der Waals surface area (Å²) in [5.41, 5.74) is -0.283. The van der Waals surface area contributed by atoms with Crippen molar-refractivity contribution in [3.63, 3.8) is 0 Å². The molecule has 1 aromatic carbocycles. The van der Waals surface area contributed by atoms with Crippen LogP contribution in [0.3, 0.4) is 0 Å². The monoisotopic (exact) mass is 194 g/mol. The molecule has 0 unspecified atom stereocenters. The van der Waals surface area contributed by atoms with E-state index in [1.807, 2.05) is 0 Å². The summed E-state index contributed by atoms with van der Waals surface area (Å²) in [6.45, 7) is 0.733. The Balaban J connectivity index is 3.14. The molecule has 12 heavy (non-hydrogen) atoms. The van der Waals surface area contributed by atoms with Gasteiger partial charge in [-0.1, -0.05) is 17.7 Å². The van der Waals surface area contributed by atoms with Crippen molar-refractivity contribution in [2.75, 3.05) is 0 Å². The van der Waals surface area contributed by atoms with Gasteiger partial charge < -0.3 is 0 Å². The molecule has 0 bridgehead atoms. The summed E-state index contributed by atoms with van der Waals surface area (Å²) in [5, 5.41) is -0.283. The van der Waals surface area contributed by atoms with Gasteiger partial charge in [0.25, 0.3) is 5.92 Å². The van der Waals surface area contributed by atoms with Crippen LogP contribution in [0.15, 0.2) is 18.2 Å². The van der Waals surface area contributed by atoms with Crippen LogP contribution in [-0.2, 0) is 5.92 Å². The smallest absolute Gasteiger partial charge is 0.205 e. The normalized spacial score (nSPS) is 11.8. The van der Waals surface area contributed by atoms with Gasteiger partial charge >= 0.3 is 0 Å². The first-order chi connectivity index (χ1) is 5.41. The van der Waals surface area contributed by atoms with Gasteiger partial charge in [-0.05, 0) is 12.1 Å². The van der Waals surface area contributed by atoms with Crippen molar-refractivity contribution in [3.05, 3.63) is 34.6 Å². The molecule has 66 valence electrons. The minimum absolute atomic E-state index is 0.283. The molecule has 0 radical (unpaired) electrons. The minimum atomic E-state index is -2.97. The number of hydrogen-bond donors (Lipinski definition) is 0. The van der Waals surface area contributed by atoms with E-state index in [0.717, 1.165) is 25.1 Å². The molecule has 0 N–H and O–H groups in total. The number of halogens is 4. The average molecular weight is 195 g/mol. The van der Waals surface area contributed by atoms with Crippen LogP contribution in [0.5, 0.6) is 0 Å². The molecule has 0 aromatic heterocycles. The van der Waals surface area contributed by atoms with E-state index in [4.69, 9.17) is 11.6 Å². The Morgan fingerprint density at radius 2 is 1.92 bits per heavy atom. The number of hydrogen-bond acceptors (Lipinski definition) is 0. The van der Waals surface area contributed by atoms with Gasteiger partial charge in [0, 0.05) is 12.5 Å². The van der Waals surface area contributed by atoms with Gasteiger partial charge in [-0.2, -0.15) is 0 Å². The fraction of sp³-hybridized carbons (Fsp3) is 0.250. The van der Waals surface area contributed by atoms with Gasteiger partial charge in [0.15, 0.2) is 0 Å². The highest BCUT2D eigenvalue weighted by Crippen LogP contribution is 2.29. The summed E-state index contributed by atoms with van der Waals surface area (Å²) in [6.07, 6.45) is 0. The number of rotatable bonds is 1. The molecular formula is C8H6ClF3. The quantitative estimate of drug-likeness (QED) is 0.641. The largest absolute Gasteiger partial charge is 0.270 e. The van der Waals surface area contributed by atoms with Gasteiger partial charge in [-0.15, -0.1) is 0 Å². The van der Waals surface area contributed by atoms with E-state index in [1.54, 1.807) is 0 Å². The first kappa shape index (κ1) is 9.39. The van der Waals surface area contributed by atoms with Gasteiger partial charge in [0.1, 0.15) is 5.82 Å². The first-order valence-corrected chi connectivity index (χ1v) is 3.62. The van der Waals surface area contributed by atoms with Gasteiger partial charge in [-0.25, -0.2) is 13.2 Å². The molecule has 0 amide bonds. The van der Waals surface area contributed by atoms with Crippen LogP contribution in [0.25, 0.3) is 0 Å². The van der Waals surface area contributed by atoms with Crippen molar-refractivity contribution in [1.82, 2.24) is 0 Å². The second-order valence-corrected chi connectivity index (χ2v) is 2.92. The fourth-order valence-electron chi connectivity index (χ4n) is 0.769. The Labute approximate surface area is 73.0 Å². The van der Waals surface area contributed by atoms with E-state index in [1.165, 1.54) is 0 Å². The zero-order valence-corrected chi connectivity index (χ0v) is 7.00. The highest BCUT2D eigenvalue weighted by molar-refractivity contribution is 6.30. The molecule has 0 spiro atoms. The summed E-state index contributed by atoms with van der Waals surface area (Å²) in [5.74, 6) is -3.66. The first-order valence-electron chi connectivity index (χ1n) is 3.24. The van der Waals surface area contributed by atoms with Crippen molar-refractivity contribution in [2.24, 2.45) is 0 Å². The molecule has 1 rings (SSSR count). The van der Waals surface area contributed by atoms with Crippen LogP contribution in [0.4, 0.5) is 13.2 Å². The van der Waals surface area contributed by atoms with Crippen LogP contribution in [0.1, 0.15) is 12.5 Å². The lowest BCUT2D eigenvalue weighted by Gasteiger charge is -2.10. The fourth-order valence-corrected chi connectivity index (χ4v) is 0.950. The molecule has 0 saturated heterocycles. The van der Waals surface area contributed by atoms with Crippen LogP contribution in [-0.4, -0.2) is 0 Å². The summed E-state index contributed by atoms with van der Waals surface area (Å²) < 4.78 is 37.7. The third-order valence-corrected chi connectivity index (χ3v) is 1.72. The van der Waals surface area contributed by atoms with Crippen LogP contribution < -0.4 is 0 Å². The van der Waals surface area contributed by atoms with E-state index in [-0.39, 0.29) is 10.6 Å². The van der Waals surface area contributed by atoms with E-state index < -0.39 is 11.7 Å². The zero-order chi connectivity index (χ0) is 9.35. The minimum Gasteiger partial charge on any atom is -0.205 e. The third kappa shape index (κ3) is 1.91. The molecule has 0 fully saturated rings. The van der Waals surface area contributed by atoms with Crippen LogP contribution >= 0.6 is 11.6 Å². The Kier molecular flexibility index (Phi) is 2.33. The van der Waals surface area contributed by atoms with E-state index in [0.29, 0.717) is 0 Å². The van der Waals surface area contributed by atoms with Crippen molar-refractivity contribution in [3.8, 4) is 0 Å². The lowest BCUT2D eigenvalue weighted by atomic mass is 10.1. The van der Waals surface area contributed by atoms with Crippen LogP contribution in [0.2, 0.25) is 5.02 Å². The standard InChI is InChI=1S/C8H6ClF3/c1-8(11,12)5-2-3-7(10)6(9)4-5/h2-4H,1H3. The summed E-state index contributed by atoms with van der Waals surface area (Å²) in [7, 11) is 0. The lowest BCUT2D eigenvalue weighted by molar-refractivity contribution is 0.0174. The number of alkyl halides is 2. The average Bonchev–Trinajstić information content (AvgIpc) is 1.92. The van der Waals surface area contributed by atoms with Gasteiger partial charge in [-0.3, -0.25) is 0 Å². The Hall–Kier alpha value is -0.700. The molecule has 0 nitrogen and oxygen atoms in total. The predicted octanol–water partition coefficient (Wildman–Crippen LogP) is 3.59. The Morgan fingerprint density at radius 1 is 1.33 bits per heavy atom. The molecule has 0 aliphatic heterocycles. The summed E-state index contributed by atoms with van der Waals surface area (Å²) in [6, 6.07) is 2.87. The Bertz CT molecular complexity index is 291. The zero-order valence-electron chi connectivity index (χ0n) is 6.24. The van der Waals surface area contributed by atoms with Crippen molar-refractivity contribution >= 4 is 11.6 Å². The maximum atomic E-state index is 12.6. The maximum Gasteiger partial charge on any atom is 0.270 e. The van der Waals surface area contributed by atoms with E-state index in [9.17, 15) is 13.2 Å². The molecule has 4 heteroatoms. The second-order valence-electron chi connectivity index (χ2n) is 2.52. The molecule has 1 aromatic rings. The molecule has 0 heterocycles. The summed E-state index contributed by atoms with van der Waals surface area (Å²) in [4.78, 5) is 0. The summed E-state index contributed by atoms with van der Waals surface area (Å²) >= 11 is 5.31.